The lowest BCUT2D eigenvalue weighted by Crippen LogP contribution is -2.55. The van der Waals surface area contributed by atoms with E-state index < -0.39 is 34.3 Å². The Morgan fingerprint density at radius 2 is 2.11 bits per heavy atom. The second-order valence-corrected chi connectivity index (χ2v) is 11.2. The van der Waals surface area contributed by atoms with Gasteiger partial charge < -0.3 is 14.4 Å². The van der Waals surface area contributed by atoms with Crippen LogP contribution < -0.4 is 4.90 Å². The number of nitriles is 1. The van der Waals surface area contributed by atoms with E-state index in [-0.39, 0.29) is 31.7 Å². The molecule has 1 spiro atoms. The summed E-state index contributed by atoms with van der Waals surface area (Å²) in [5.74, 6) is 0.282. The first kappa shape index (κ1) is 24.4. The predicted molar refractivity (Wildman–Crippen MR) is 130 cm³/mol. The first-order valence-corrected chi connectivity index (χ1v) is 12.1. The molecule has 2 aliphatic rings. The molecule has 2 aromatic heterocycles. The average molecular weight is 513 g/mol. The van der Waals surface area contributed by atoms with Crippen molar-refractivity contribution in [3.05, 3.63) is 48.2 Å². The van der Waals surface area contributed by atoms with Crippen molar-refractivity contribution in [1.82, 2.24) is 19.5 Å². The number of anilines is 1. The van der Waals surface area contributed by atoms with Crippen molar-refractivity contribution in [1.29, 1.82) is 5.26 Å². The van der Waals surface area contributed by atoms with Gasteiger partial charge in [0.15, 0.2) is 5.82 Å². The third-order valence-corrected chi connectivity index (χ3v) is 7.45. The zero-order valence-corrected chi connectivity index (χ0v) is 20.9. The Labute approximate surface area is 212 Å². The smallest absolute Gasteiger partial charge is 0.416 e. The van der Waals surface area contributed by atoms with Crippen molar-refractivity contribution in [3.8, 4) is 6.07 Å². The van der Waals surface area contributed by atoms with Crippen LogP contribution in [-0.2, 0) is 16.9 Å². The quantitative estimate of drug-likeness (QED) is 0.523. The fourth-order valence-electron chi connectivity index (χ4n) is 5.36. The van der Waals surface area contributed by atoms with E-state index in [1.165, 1.54) is 17.3 Å². The van der Waals surface area contributed by atoms with Crippen LogP contribution in [0.5, 0.6) is 0 Å². The second kappa shape index (κ2) is 8.39. The summed E-state index contributed by atoms with van der Waals surface area (Å²) >= 11 is 6.53. The molecular formula is C25H26ClFN6O3. The number of aromatic nitrogens is 4. The Bertz CT molecular complexity index is 1370. The maximum absolute atomic E-state index is 15.7. The molecule has 4 atom stereocenters. The van der Waals surface area contributed by atoms with Gasteiger partial charge in [0.25, 0.3) is 0 Å². The molecule has 1 saturated carbocycles. The number of amides is 1. The van der Waals surface area contributed by atoms with Crippen LogP contribution in [0, 0.1) is 16.7 Å². The van der Waals surface area contributed by atoms with Crippen molar-refractivity contribution in [3.63, 3.8) is 0 Å². The first-order valence-electron chi connectivity index (χ1n) is 11.6. The standard InChI is InChI=1S/C25H26ClFN6O3/c1-23(2,35)19-9-30-20(10-29-19)33-13-25(36-22(33)34)7-16(26)21(27)24(3,11-25)12-32-14-31-17-5-4-15(8-28)6-18(17)32/h4-6,9-10,14,16,21,35H,7,11-13H2,1-3H3/t16?,21-,24-,25+/m0/s1. The normalized spacial score (nSPS) is 28.5. The number of carbonyl (C=O) groups is 1. The highest BCUT2D eigenvalue weighted by Crippen LogP contribution is 2.50. The summed E-state index contributed by atoms with van der Waals surface area (Å²) in [6, 6.07) is 7.29. The van der Waals surface area contributed by atoms with Crippen LogP contribution in [-0.4, -0.2) is 54.4 Å². The Hall–Kier alpha value is -3.29. The number of ether oxygens (including phenoxy) is 1. The number of nitrogens with zero attached hydrogens (tertiary/aromatic N) is 6. The Morgan fingerprint density at radius 3 is 2.78 bits per heavy atom. The van der Waals surface area contributed by atoms with Gasteiger partial charge in [-0.1, -0.05) is 6.92 Å². The Morgan fingerprint density at radius 1 is 1.33 bits per heavy atom. The molecule has 36 heavy (non-hydrogen) atoms. The van der Waals surface area contributed by atoms with Gasteiger partial charge in [-0.25, -0.2) is 19.2 Å². The van der Waals surface area contributed by atoms with Crippen LogP contribution >= 0.6 is 11.6 Å². The largest absolute Gasteiger partial charge is 0.441 e. The van der Waals surface area contributed by atoms with Gasteiger partial charge in [-0.2, -0.15) is 5.26 Å². The number of rotatable bonds is 4. The summed E-state index contributed by atoms with van der Waals surface area (Å²) in [5, 5.41) is 18.5. The summed E-state index contributed by atoms with van der Waals surface area (Å²) in [6.07, 6.45) is 2.89. The van der Waals surface area contributed by atoms with Crippen molar-refractivity contribution in [2.24, 2.45) is 5.41 Å². The molecule has 3 aromatic rings. The molecule has 1 saturated heterocycles. The first-order chi connectivity index (χ1) is 16.9. The van der Waals surface area contributed by atoms with E-state index >= 15 is 4.39 Å². The van der Waals surface area contributed by atoms with Crippen LogP contribution in [0.4, 0.5) is 15.0 Å². The molecule has 1 aliphatic heterocycles. The molecule has 1 aliphatic carbocycles. The average Bonchev–Trinajstić information content (AvgIpc) is 3.36. The minimum atomic E-state index is -1.36. The molecule has 9 nitrogen and oxygen atoms in total. The third kappa shape index (κ3) is 4.16. The van der Waals surface area contributed by atoms with E-state index in [0.29, 0.717) is 16.8 Å². The minimum absolute atomic E-state index is 0.150. The lowest BCUT2D eigenvalue weighted by atomic mass is 9.67. The Kier molecular flexibility index (Phi) is 5.69. The molecule has 0 radical (unpaired) electrons. The highest BCUT2D eigenvalue weighted by atomic mass is 35.5. The fraction of sp³-hybridized carbons (Fsp3) is 0.480. The molecule has 5 rings (SSSR count). The van der Waals surface area contributed by atoms with Crippen molar-refractivity contribution < 1.29 is 19.0 Å². The van der Waals surface area contributed by atoms with Crippen molar-refractivity contribution >= 4 is 34.5 Å². The number of imidazole rings is 1. The number of hydrogen-bond acceptors (Lipinski definition) is 7. The van der Waals surface area contributed by atoms with Gasteiger partial charge in [0.1, 0.15) is 17.4 Å². The zero-order valence-electron chi connectivity index (χ0n) is 20.2. The molecule has 1 aromatic carbocycles. The van der Waals surface area contributed by atoms with Crippen LogP contribution in [0.15, 0.2) is 36.9 Å². The molecule has 1 amide bonds. The lowest BCUT2D eigenvalue weighted by molar-refractivity contribution is -0.0636. The van der Waals surface area contributed by atoms with E-state index in [0.717, 1.165) is 5.52 Å². The van der Waals surface area contributed by atoms with Gasteiger partial charge in [-0.3, -0.25) is 9.88 Å². The number of carbonyl (C=O) groups excluding carboxylic acids is 1. The maximum atomic E-state index is 15.7. The third-order valence-electron chi connectivity index (χ3n) is 7.07. The van der Waals surface area contributed by atoms with Gasteiger partial charge in [0.05, 0.1) is 59.0 Å². The minimum Gasteiger partial charge on any atom is -0.441 e. The highest BCUT2D eigenvalue weighted by Gasteiger charge is 2.58. The van der Waals surface area contributed by atoms with E-state index in [4.69, 9.17) is 16.3 Å². The molecule has 1 N–H and O–H groups in total. The Balaban J connectivity index is 1.43. The predicted octanol–water partition coefficient (Wildman–Crippen LogP) is 4.07. The van der Waals surface area contributed by atoms with E-state index in [9.17, 15) is 15.2 Å². The van der Waals surface area contributed by atoms with Crippen molar-refractivity contribution in [2.75, 3.05) is 11.4 Å². The summed E-state index contributed by atoms with van der Waals surface area (Å²) in [6.45, 7) is 5.37. The summed E-state index contributed by atoms with van der Waals surface area (Å²) in [4.78, 5) is 27.2. The van der Waals surface area contributed by atoms with Gasteiger partial charge in [-0.15, -0.1) is 11.6 Å². The van der Waals surface area contributed by atoms with E-state index in [1.807, 2.05) is 4.57 Å². The van der Waals surface area contributed by atoms with Crippen LogP contribution in [0.3, 0.4) is 0 Å². The van der Waals surface area contributed by atoms with Gasteiger partial charge in [-0.05, 0) is 38.5 Å². The van der Waals surface area contributed by atoms with Crippen LogP contribution in [0.1, 0.15) is 44.9 Å². The number of aliphatic hydroxyl groups is 1. The molecule has 188 valence electrons. The van der Waals surface area contributed by atoms with Gasteiger partial charge in [0, 0.05) is 18.4 Å². The molecule has 11 heteroatoms. The fourth-order valence-corrected chi connectivity index (χ4v) is 5.95. The van der Waals surface area contributed by atoms with Gasteiger partial charge >= 0.3 is 6.09 Å². The van der Waals surface area contributed by atoms with Gasteiger partial charge in [0.2, 0.25) is 0 Å². The highest BCUT2D eigenvalue weighted by molar-refractivity contribution is 6.21. The van der Waals surface area contributed by atoms with Crippen LogP contribution in [0.25, 0.3) is 11.0 Å². The molecule has 0 bridgehead atoms. The zero-order chi connectivity index (χ0) is 25.9. The summed E-state index contributed by atoms with van der Waals surface area (Å²) < 4.78 is 23.3. The molecule has 1 unspecified atom stereocenters. The second-order valence-electron chi connectivity index (χ2n) is 10.6. The number of alkyl halides is 2. The number of fused-ring (bicyclic) bond motifs is 1. The monoisotopic (exact) mass is 512 g/mol. The summed E-state index contributed by atoms with van der Waals surface area (Å²) in [7, 11) is 0. The number of halogens is 2. The molecular weight excluding hydrogens is 487 g/mol. The number of benzene rings is 1. The van der Waals surface area contributed by atoms with Crippen molar-refractivity contribution in [2.45, 2.75) is 62.9 Å². The van der Waals surface area contributed by atoms with Crippen LogP contribution in [0.2, 0.25) is 0 Å². The van der Waals surface area contributed by atoms with E-state index in [2.05, 4.69) is 21.0 Å². The SMILES string of the molecule is CC(C)(O)c1cnc(N2C[C@]3(CC(Cl)[C@H](F)[C@](C)(Cn4cnc5ccc(C#N)cc54)C3)OC2=O)cn1. The maximum Gasteiger partial charge on any atom is 0.416 e. The lowest BCUT2D eigenvalue weighted by Gasteiger charge is -2.47. The molecule has 3 heterocycles. The number of hydrogen-bond donors (Lipinski definition) is 1. The van der Waals surface area contributed by atoms with E-state index in [1.54, 1.807) is 45.3 Å². The summed E-state index contributed by atoms with van der Waals surface area (Å²) in [5.41, 5.74) is -0.880. The molecule has 2 fully saturated rings. The topological polar surface area (TPSA) is 117 Å².